The summed E-state index contributed by atoms with van der Waals surface area (Å²) in [6.45, 7) is 1.76. The Hall–Kier alpha value is -1.85. The van der Waals surface area contributed by atoms with Crippen LogP contribution in [0.1, 0.15) is 11.1 Å². The standard InChI is InChI=1S/C16H14BrClN2O2/c1-11-8-13(17)4-7-15(11)20-16(21)10-22-19-9-12-2-5-14(18)6-3-12/h2-9H,10H2,1H3,(H,20,21)/b19-9-. The van der Waals surface area contributed by atoms with Gasteiger partial charge in [0.15, 0.2) is 6.61 Å². The summed E-state index contributed by atoms with van der Waals surface area (Å²) >= 11 is 9.16. The third-order valence-electron chi connectivity index (χ3n) is 2.80. The first kappa shape index (κ1) is 16.5. The van der Waals surface area contributed by atoms with Crippen molar-refractivity contribution in [1.29, 1.82) is 0 Å². The van der Waals surface area contributed by atoms with Crippen LogP contribution in [0.4, 0.5) is 5.69 Å². The van der Waals surface area contributed by atoms with E-state index in [1.165, 1.54) is 6.21 Å². The molecule has 6 heteroatoms. The maximum absolute atomic E-state index is 11.8. The minimum atomic E-state index is -0.265. The Bertz CT molecular complexity index is 687. The quantitative estimate of drug-likeness (QED) is 0.616. The zero-order chi connectivity index (χ0) is 15.9. The predicted molar refractivity (Wildman–Crippen MR) is 92.5 cm³/mol. The zero-order valence-electron chi connectivity index (χ0n) is 11.8. The van der Waals surface area contributed by atoms with Gasteiger partial charge in [0, 0.05) is 15.2 Å². The van der Waals surface area contributed by atoms with Crippen LogP contribution >= 0.6 is 27.5 Å². The number of nitrogens with one attached hydrogen (secondary N) is 1. The number of aryl methyl sites for hydroxylation is 1. The molecule has 0 atom stereocenters. The minimum Gasteiger partial charge on any atom is -0.386 e. The molecule has 1 amide bonds. The number of benzene rings is 2. The molecule has 0 aliphatic rings. The molecule has 0 heterocycles. The van der Waals surface area contributed by atoms with Crippen LogP contribution in [-0.4, -0.2) is 18.7 Å². The summed E-state index contributed by atoms with van der Waals surface area (Å²) < 4.78 is 0.965. The van der Waals surface area contributed by atoms with Gasteiger partial charge in [-0.2, -0.15) is 0 Å². The molecule has 4 nitrogen and oxygen atoms in total. The Morgan fingerprint density at radius 1 is 1.32 bits per heavy atom. The maximum Gasteiger partial charge on any atom is 0.265 e. The molecular formula is C16H14BrClN2O2. The Kier molecular flexibility index (Phi) is 5.98. The molecule has 0 aliphatic heterocycles. The van der Waals surface area contributed by atoms with Gasteiger partial charge in [-0.1, -0.05) is 44.8 Å². The molecule has 0 saturated carbocycles. The summed E-state index contributed by atoms with van der Waals surface area (Å²) in [5.74, 6) is -0.265. The Morgan fingerprint density at radius 3 is 2.73 bits per heavy atom. The molecule has 0 radical (unpaired) electrons. The lowest BCUT2D eigenvalue weighted by atomic mass is 10.2. The van der Waals surface area contributed by atoms with Crippen molar-refractivity contribution in [2.24, 2.45) is 5.16 Å². The highest BCUT2D eigenvalue weighted by Gasteiger charge is 2.05. The SMILES string of the molecule is Cc1cc(Br)ccc1NC(=O)CO/N=C\c1ccc(Cl)cc1. The van der Waals surface area contributed by atoms with Gasteiger partial charge in [-0.25, -0.2) is 0 Å². The van der Waals surface area contributed by atoms with Crippen molar-refractivity contribution in [3.63, 3.8) is 0 Å². The predicted octanol–water partition coefficient (Wildman–Crippen LogP) is 4.40. The fraction of sp³-hybridized carbons (Fsp3) is 0.125. The van der Waals surface area contributed by atoms with Crippen LogP contribution in [0.15, 0.2) is 52.1 Å². The van der Waals surface area contributed by atoms with E-state index in [2.05, 4.69) is 26.4 Å². The van der Waals surface area contributed by atoms with Crippen LogP contribution in [0, 0.1) is 6.92 Å². The molecule has 0 saturated heterocycles. The van der Waals surface area contributed by atoms with E-state index in [9.17, 15) is 4.79 Å². The summed E-state index contributed by atoms with van der Waals surface area (Å²) in [4.78, 5) is 16.7. The van der Waals surface area contributed by atoms with Crippen LogP contribution in [-0.2, 0) is 9.63 Å². The highest BCUT2D eigenvalue weighted by atomic mass is 79.9. The lowest BCUT2D eigenvalue weighted by Crippen LogP contribution is -2.17. The summed E-state index contributed by atoms with van der Waals surface area (Å²) in [5.41, 5.74) is 2.56. The molecule has 0 aromatic heterocycles. The van der Waals surface area contributed by atoms with E-state index in [0.717, 1.165) is 21.3 Å². The molecule has 1 N–H and O–H groups in total. The van der Waals surface area contributed by atoms with Gasteiger partial charge in [-0.15, -0.1) is 0 Å². The summed E-state index contributed by atoms with van der Waals surface area (Å²) in [7, 11) is 0. The number of carbonyl (C=O) groups excluding carboxylic acids is 1. The van der Waals surface area contributed by atoms with E-state index in [0.29, 0.717) is 5.02 Å². The van der Waals surface area contributed by atoms with E-state index in [4.69, 9.17) is 16.4 Å². The number of carbonyl (C=O) groups is 1. The van der Waals surface area contributed by atoms with Gasteiger partial charge < -0.3 is 10.2 Å². The Morgan fingerprint density at radius 2 is 2.05 bits per heavy atom. The van der Waals surface area contributed by atoms with Crippen LogP contribution in [0.2, 0.25) is 5.02 Å². The minimum absolute atomic E-state index is 0.153. The van der Waals surface area contributed by atoms with Crippen molar-refractivity contribution in [1.82, 2.24) is 0 Å². The number of amides is 1. The van der Waals surface area contributed by atoms with E-state index in [1.54, 1.807) is 24.3 Å². The highest BCUT2D eigenvalue weighted by Crippen LogP contribution is 2.19. The molecule has 0 fully saturated rings. The number of rotatable bonds is 5. The first-order chi connectivity index (χ1) is 10.5. The van der Waals surface area contributed by atoms with Crippen LogP contribution in [0.5, 0.6) is 0 Å². The Labute approximate surface area is 142 Å². The molecule has 114 valence electrons. The van der Waals surface area contributed by atoms with Crippen molar-refractivity contribution in [3.8, 4) is 0 Å². The fourth-order valence-electron chi connectivity index (χ4n) is 1.70. The van der Waals surface area contributed by atoms with Gasteiger partial charge in [-0.05, 0) is 48.4 Å². The second-order valence-electron chi connectivity index (χ2n) is 4.57. The van der Waals surface area contributed by atoms with Crippen molar-refractivity contribution in [2.45, 2.75) is 6.92 Å². The smallest absolute Gasteiger partial charge is 0.265 e. The third-order valence-corrected chi connectivity index (χ3v) is 3.55. The zero-order valence-corrected chi connectivity index (χ0v) is 14.2. The average Bonchev–Trinajstić information content (AvgIpc) is 2.48. The van der Waals surface area contributed by atoms with Crippen LogP contribution in [0.3, 0.4) is 0 Å². The monoisotopic (exact) mass is 380 g/mol. The van der Waals surface area contributed by atoms with Crippen LogP contribution < -0.4 is 5.32 Å². The summed E-state index contributed by atoms with van der Waals surface area (Å²) in [5, 5.41) is 7.18. The molecule has 0 unspecified atom stereocenters. The molecular weight excluding hydrogens is 368 g/mol. The van der Waals surface area contributed by atoms with Crippen molar-refractivity contribution < 1.29 is 9.63 Å². The van der Waals surface area contributed by atoms with Gasteiger partial charge in [0.05, 0.1) is 6.21 Å². The second-order valence-corrected chi connectivity index (χ2v) is 5.92. The van der Waals surface area contributed by atoms with Gasteiger partial charge in [0.1, 0.15) is 0 Å². The lowest BCUT2D eigenvalue weighted by Gasteiger charge is -2.07. The third kappa shape index (κ3) is 5.16. The maximum atomic E-state index is 11.8. The molecule has 0 spiro atoms. The van der Waals surface area contributed by atoms with Crippen LogP contribution in [0.25, 0.3) is 0 Å². The van der Waals surface area contributed by atoms with Crippen molar-refractivity contribution in [2.75, 3.05) is 11.9 Å². The molecule has 2 aromatic carbocycles. The van der Waals surface area contributed by atoms with E-state index >= 15 is 0 Å². The normalized spacial score (nSPS) is 10.7. The summed E-state index contributed by atoms with van der Waals surface area (Å²) in [6.07, 6.45) is 1.52. The molecule has 0 bridgehead atoms. The molecule has 22 heavy (non-hydrogen) atoms. The topological polar surface area (TPSA) is 50.7 Å². The van der Waals surface area contributed by atoms with Gasteiger partial charge in [-0.3, -0.25) is 4.79 Å². The van der Waals surface area contributed by atoms with E-state index < -0.39 is 0 Å². The number of hydrogen-bond acceptors (Lipinski definition) is 3. The molecule has 2 aromatic rings. The molecule has 0 aliphatic carbocycles. The van der Waals surface area contributed by atoms with Gasteiger partial charge in [0.2, 0.25) is 0 Å². The fourth-order valence-corrected chi connectivity index (χ4v) is 2.30. The average molecular weight is 382 g/mol. The summed E-state index contributed by atoms with van der Waals surface area (Å²) in [6, 6.07) is 12.7. The Balaban J connectivity index is 1.81. The second kappa shape index (κ2) is 7.96. The highest BCUT2D eigenvalue weighted by molar-refractivity contribution is 9.10. The number of hydrogen-bond donors (Lipinski definition) is 1. The number of nitrogens with zero attached hydrogens (tertiary/aromatic N) is 1. The van der Waals surface area contributed by atoms with E-state index in [1.807, 2.05) is 25.1 Å². The number of anilines is 1. The first-order valence-electron chi connectivity index (χ1n) is 6.51. The number of oxime groups is 1. The van der Waals surface area contributed by atoms with E-state index in [-0.39, 0.29) is 12.5 Å². The van der Waals surface area contributed by atoms with Gasteiger partial charge >= 0.3 is 0 Å². The van der Waals surface area contributed by atoms with Gasteiger partial charge in [0.25, 0.3) is 5.91 Å². The molecule has 2 rings (SSSR count). The largest absolute Gasteiger partial charge is 0.386 e. The first-order valence-corrected chi connectivity index (χ1v) is 7.68. The lowest BCUT2D eigenvalue weighted by molar-refractivity contribution is -0.120. The van der Waals surface area contributed by atoms with Crippen molar-refractivity contribution in [3.05, 3.63) is 63.1 Å². The number of halogens is 2. The van der Waals surface area contributed by atoms with Crippen molar-refractivity contribution >= 4 is 45.3 Å².